The average molecular weight is 235 g/mol. The maximum absolute atomic E-state index is 11.4. The number of rotatable bonds is 1. The van der Waals surface area contributed by atoms with Crippen molar-refractivity contribution in [3.05, 3.63) is 30.5 Å². The van der Waals surface area contributed by atoms with Gasteiger partial charge in [0.05, 0.1) is 5.30 Å². The van der Waals surface area contributed by atoms with Crippen molar-refractivity contribution in [2.24, 2.45) is 0 Å². The average Bonchev–Trinajstić information content (AvgIpc) is 2.45. The van der Waals surface area contributed by atoms with Gasteiger partial charge in [-0.3, -0.25) is 4.57 Å². The van der Waals surface area contributed by atoms with Crippen LogP contribution in [0, 0.1) is 0 Å². The van der Waals surface area contributed by atoms with Gasteiger partial charge in [0.25, 0.3) is 5.85 Å². The fourth-order valence-corrected chi connectivity index (χ4v) is 2.59. The Bertz CT molecular complexity index is 486. The highest BCUT2D eigenvalue weighted by Gasteiger charge is 2.22. The fourth-order valence-electron chi connectivity index (χ4n) is 1.17. The Kier molecular flexibility index (Phi) is 2.15. The standard InChI is InChI=1S/C8H5Cl2O2P/c9-13(10,11)8-5-12-7-4-2-1-3-6(7)8/h1-5H. The summed E-state index contributed by atoms with van der Waals surface area (Å²) in [5, 5.41) is 1.07. The number of benzene rings is 1. The predicted molar refractivity (Wildman–Crippen MR) is 55.2 cm³/mol. The lowest BCUT2D eigenvalue weighted by Crippen LogP contribution is -1.92. The van der Waals surface area contributed by atoms with Gasteiger partial charge in [-0.1, -0.05) is 18.2 Å². The van der Waals surface area contributed by atoms with Gasteiger partial charge in [-0.05, 0) is 28.5 Å². The molecule has 1 aromatic carbocycles. The van der Waals surface area contributed by atoms with Crippen molar-refractivity contribution in [1.82, 2.24) is 0 Å². The molecule has 0 spiro atoms. The molecule has 2 nitrogen and oxygen atoms in total. The van der Waals surface area contributed by atoms with Crippen LogP contribution in [-0.2, 0) is 4.57 Å². The molecule has 0 radical (unpaired) electrons. The van der Waals surface area contributed by atoms with Crippen LogP contribution in [-0.4, -0.2) is 0 Å². The van der Waals surface area contributed by atoms with E-state index in [1.54, 1.807) is 12.1 Å². The summed E-state index contributed by atoms with van der Waals surface area (Å²) in [6.07, 6.45) is 1.34. The second kappa shape index (κ2) is 3.06. The summed E-state index contributed by atoms with van der Waals surface area (Å²) in [5.74, 6) is -3.27. The van der Waals surface area contributed by atoms with E-state index in [1.165, 1.54) is 6.26 Å². The van der Waals surface area contributed by atoms with Crippen LogP contribution in [0.2, 0.25) is 0 Å². The van der Waals surface area contributed by atoms with E-state index < -0.39 is 5.85 Å². The van der Waals surface area contributed by atoms with Gasteiger partial charge in [0.1, 0.15) is 11.8 Å². The fraction of sp³-hybridized carbons (Fsp3) is 0. The number of furan rings is 1. The number of halogens is 2. The highest BCUT2D eigenvalue weighted by atomic mass is 35.9. The molecule has 68 valence electrons. The van der Waals surface area contributed by atoms with Gasteiger partial charge in [0.2, 0.25) is 0 Å². The van der Waals surface area contributed by atoms with Crippen molar-refractivity contribution < 1.29 is 8.98 Å². The molecule has 0 N–H and O–H groups in total. The van der Waals surface area contributed by atoms with Gasteiger partial charge in [0.15, 0.2) is 0 Å². The van der Waals surface area contributed by atoms with Crippen LogP contribution in [0.5, 0.6) is 0 Å². The largest absolute Gasteiger partial charge is 0.463 e. The molecule has 2 aromatic rings. The summed E-state index contributed by atoms with van der Waals surface area (Å²) in [5.41, 5.74) is 0.638. The van der Waals surface area contributed by atoms with Crippen molar-refractivity contribution in [2.45, 2.75) is 0 Å². The SMILES string of the molecule is O=P(Cl)(Cl)c1coc2ccccc12. The minimum absolute atomic E-state index is 0.367. The normalized spacial score (nSPS) is 12.2. The van der Waals surface area contributed by atoms with Crippen LogP contribution in [0.4, 0.5) is 0 Å². The number of fused-ring (bicyclic) bond motifs is 1. The van der Waals surface area contributed by atoms with Gasteiger partial charge in [-0.15, -0.1) is 0 Å². The summed E-state index contributed by atoms with van der Waals surface area (Å²) in [6.45, 7) is 0. The Balaban J connectivity index is 2.79. The Morgan fingerprint density at radius 2 is 1.92 bits per heavy atom. The highest BCUT2D eigenvalue weighted by Crippen LogP contribution is 2.56. The predicted octanol–water partition coefficient (Wildman–Crippen LogP) is 3.73. The third-order valence-corrected chi connectivity index (χ3v) is 3.74. The molecule has 1 aromatic heterocycles. The van der Waals surface area contributed by atoms with Gasteiger partial charge in [0, 0.05) is 5.39 Å². The molecule has 1 heterocycles. The lowest BCUT2D eigenvalue weighted by atomic mass is 10.3. The molecule has 0 aliphatic carbocycles. The Morgan fingerprint density at radius 3 is 2.62 bits per heavy atom. The first kappa shape index (κ1) is 9.14. The molecule has 0 fully saturated rings. The van der Waals surface area contributed by atoms with Crippen molar-refractivity contribution in [3.63, 3.8) is 0 Å². The van der Waals surface area contributed by atoms with E-state index in [-0.39, 0.29) is 0 Å². The van der Waals surface area contributed by atoms with Gasteiger partial charge < -0.3 is 4.42 Å². The van der Waals surface area contributed by atoms with Crippen LogP contribution in [0.3, 0.4) is 0 Å². The summed E-state index contributed by atoms with van der Waals surface area (Å²) < 4.78 is 16.5. The second-order valence-corrected chi connectivity index (χ2v) is 7.36. The quantitative estimate of drug-likeness (QED) is 0.705. The zero-order valence-electron chi connectivity index (χ0n) is 6.41. The molecule has 0 amide bonds. The van der Waals surface area contributed by atoms with Crippen LogP contribution in [0.25, 0.3) is 11.0 Å². The van der Waals surface area contributed by atoms with Crippen LogP contribution < -0.4 is 5.30 Å². The lowest BCUT2D eigenvalue weighted by molar-refractivity contribution is 0.595. The van der Waals surface area contributed by atoms with Gasteiger partial charge in [-0.2, -0.15) is 0 Å². The zero-order valence-corrected chi connectivity index (χ0v) is 8.81. The second-order valence-electron chi connectivity index (χ2n) is 2.58. The molecular weight excluding hydrogens is 230 g/mol. The molecule has 0 bridgehead atoms. The number of hydrogen-bond donors (Lipinski definition) is 0. The number of hydrogen-bond acceptors (Lipinski definition) is 2. The van der Waals surface area contributed by atoms with Crippen molar-refractivity contribution in [3.8, 4) is 0 Å². The summed E-state index contributed by atoms with van der Waals surface area (Å²) in [7, 11) is 0. The smallest absolute Gasteiger partial charge is 0.285 e. The molecular formula is C8H5Cl2O2P. The Hall–Kier alpha value is -0.430. The monoisotopic (exact) mass is 234 g/mol. The van der Waals surface area contributed by atoms with E-state index in [4.69, 9.17) is 26.9 Å². The molecule has 0 saturated carbocycles. The van der Waals surface area contributed by atoms with Crippen molar-refractivity contribution >= 4 is 44.6 Å². The lowest BCUT2D eigenvalue weighted by Gasteiger charge is -1.96. The topological polar surface area (TPSA) is 30.2 Å². The Morgan fingerprint density at radius 1 is 1.23 bits per heavy atom. The maximum atomic E-state index is 11.4. The van der Waals surface area contributed by atoms with Crippen LogP contribution in [0.1, 0.15) is 0 Å². The first-order valence-corrected chi connectivity index (χ1v) is 7.07. The highest BCUT2D eigenvalue weighted by molar-refractivity contribution is 8.13. The van der Waals surface area contributed by atoms with Gasteiger partial charge >= 0.3 is 0 Å². The minimum Gasteiger partial charge on any atom is -0.463 e. The molecule has 0 atom stereocenters. The third-order valence-electron chi connectivity index (χ3n) is 1.74. The van der Waals surface area contributed by atoms with E-state index >= 15 is 0 Å². The number of para-hydroxylation sites is 1. The maximum Gasteiger partial charge on any atom is 0.285 e. The third kappa shape index (κ3) is 1.62. The Labute approximate surface area is 84.4 Å². The summed E-state index contributed by atoms with van der Waals surface area (Å²) in [4.78, 5) is 0. The molecule has 0 aliphatic rings. The molecule has 2 rings (SSSR count). The molecule has 13 heavy (non-hydrogen) atoms. The van der Waals surface area contributed by atoms with E-state index in [2.05, 4.69) is 0 Å². The van der Waals surface area contributed by atoms with E-state index in [9.17, 15) is 4.57 Å². The van der Waals surface area contributed by atoms with Crippen LogP contribution in [0.15, 0.2) is 34.9 Å². The zero-order chi connectivity index (χ0) is 9.47. The van der Waals surface area contributed by atoms with E-state index in [1.807, 2.05) is 12.1 Å². The summed E-state index contributed by atoms with van der Waals surface area (Å²) >= 11 is 11.1. The van der Waals surface area contributed by atoms with Gasteiger partial charge in [-0.25, -0.2) is 0 Å². The molecule has 0 saturated heterocycles. The molecule has 0 aliphatic heterocycles. The van der Waals surface area contributed by atoms with Crippen LogP contribution >= 0.6 is 28.3 Å². The first-order chi connectivity index (χ1) is 6.09. The minimum atomic E-state index is -3.27. The first-order valence-electron chi connectivity index (χ1n) is 3.55. The molecule has 5 heteroatoms. The molecule has 0 unspecified atom stereocenters. The van der Waals surface area contributed by atoms with Crippen molar-refractivity contribution in [2.75, 3.05) is 0 Å². The van der Waals surface area contributed by atoms with Crippen molar-refractivity contribution in [1.29, 1.82) is 0 Å². The van der Waals surface area contributed by atoms with E-state index in [0.29, 0.717) is 16.3 Å². The van der Waals surface area contributed by atoms with E-state index in [0.717, 1.165) is 0 Å². The summed E-state index contributed by atoms with van der Waals surface area (Å²) in [6, 6.07) is 7.17.